The molecule has 20 aliphatic carbocycles. The van der Waals surface area contributed by atoms with Gasteiger partial charge in [-0.2, -0.15) is 0 Å². The first kappa shape index (κ1) is 116. The maximum atomic E-state index is 13.4. The zero-order valence-corrected chi connectivity index (χ0v) is 86.6. The van der Waals surface area contributed by atoms with Crippen LogP contribution in [0, 0.1) is 143 Å². The molecule has 14 saturated carbocycles. The predicted octanol–water partition coefficient (Wildman–Crippen LogP) is 20.7. The van der Waals surface area contributed by atoms with Crippen molar-refractivity contribution in [1.82, 2.24) is 0 Å². The average Bonchev–Trinajstić information content (AvgIpc) is 1.65. The highest BCUT2D eigenvalue weighted by Gasteiger charge is 2.70. The van der Waals surface area contributed by atoms with Gasteiger partial charge in [-0.25, -0.2) is 0 Å². The third-order valence-electron chi connectivity index (χ3n) is 41.0. The second kappa shape index (κ2) is 42.0. The molecule has 35 atom stereocenters. The molecule has 20 aliphatic rings. The Bertz CT molecular complexity index is 5170. The number of hydrogen-bond donors (Lipinski definition) is 3. The van der Waals surface area contributed by atoms with E-state index < -0.39 is 55.6 Å². The summed E-state index contributed by atoms with van der Waals surface area (Å²) in [6.07, 6.45) is 32.7. The third-order valence-corrected chi connectivity index (χ3v) is 41.8. The Hall–Kier alpha value is -7.68. The maximum absolute atomic E-state index is 13.4. The van der Waals surface area contributed by atoms with Crippen LogP contribution in [0.3, 0.4) is 0 Å². The molecule has 0 aliphatic heterocycles. The Kier molecular flexibility index (Phi) is 34.0. The maximum Gasteiger partial charge on any atom is 0.303 e. The van der Waals surface area contributed by atoms with Gasteiger partial charge in [-0.15, -0.1) is 0 Å². The Morgan fingerprint density at radius 3 is 1.02 bits per heavy atom. The van der Waals surface area contributed by atoms with Crippen LogP contribution >= 0.6 is 0 Å². The highest BCUT2D eigenvalue weighted by Crippen LogP contribution is 2.71. The smallest absolute Gasteiger partial charge is 0.303 e. The van der Waals surface area contributed by atoms with Crippen LogP contribution in [0.25, 0.3) is 0 Å². The van der Waals surface area contributed by atoms with Crippen molar-refractivity contribution in [2.45, 2.75) is 435 Å². The molecular formula is C117H176O25Si. The van der Waals surface area contributed by atoms with E-state index in [0.717, 1.165) is 165 Å². The predicted molar refractivity (Wildman–Crippen MR) is 545 cm³/mol. The fourth-order valence-corrected chi connectivity index (χ4v) is 34.7. The number of fused-ring (bicyclic) bond motifs is 25. The quantitative estimate of drug-likeness (QED) is 0.0835. The second-order valence-electron chi connectivity index (χ2n) is 49.7. The molecule has 14 fully saturated rings. The normalized spacial score (nSPS) is 43.8. The Balaban J connectivity index is 0.000000169. The molecule has 143 heavy (non-hydrogen) atoms. The average molecular weight is 2010 g/mol. The molecule has 0 aromatic carbocycles. The Morgan fingerprint density at radius 2 is 0.643 bits per heavy atom. The summed E-state index contributed by atoms with van der Waals surface area (Å²) in [4.78, 5) is 171. The van der Waals surface area contributed by atoms with Crippen molar-refractivity contribution >= 4 is 90.6 Å². The van der Waals surface area contributed by atoms with Crippen LogP contribution < -0.4 is 0 Å². The minimum Gasteiger partial charge on any atom is -0.547 e. The van der Waals surface area contributed by atoms with Gasteiger partial charge in [0.15, 0.2) is 40.8 Å². The van der Waals surface area contributed by atoms with Crippen molar-refractivity contribution in [1.29, 1.82) is 0 Å². The van der Waals surface area contributed by atoms with Gasteiger partial charge in [0.2, 0.25) is 8.32 Å². The number of aliphatic hydroxyl groups excluding tert-OH is 3. The summed E-state index contributed by atoms with van der Waals surface area (Å²) in [5.74, 6) is 1.74. The molecule has 20 rings (SSSR count). The Labute approximate surface area is 853 Å². The minimum atomic E-state index is -1.68. The van der Waals surface area contributed by atoms with E-state index >= 15 is 0 Å². The first-order valence-electron chi connectivity index (χ1n) is 52.5. The van der Waals surface area contributed by atoms with E-state index in [4.69, 9.17) is 37.6 Å². The standard InChI is InChI=1S/C24H36O4Si.C23H34O6.C23H30O6.C21H28O5.C21H28O4.5CH4/c1-15(25)27-17-9-11-23(2)16(13-17)14-20(26)22-18-7-8-21(28-29(4,5)6)24(18,3)12-10-19(22)23;2*1-12(24)28-15-5-7-22(3)14(9-15)10-18(26)20-16(22)6-8-23(4)17(20)11-19(21(23)27)29-13(2)25;1-11(22)26-13-4-6-20(2)12(8-13)9-16(23)18-14(20)5-7-21(3)15(18)10-17(24)19(21)25;1-12(22)25-14-6-8-20(2)13(10-14)11-17(23)19-15-4-5-18(24)21(15,3)9-7-16(19)20;;;;;/h8,14,17-19,22H,7,9-13H2,1-6H3;10,15-21,26-27H,5-9,11H2,1-4H3;10,15-17,19-20H,5-9,11H2,1-4H3;9,13-15,17-18,24H,4-8,10H2,1-3H3;11,14-16,19H,4-10H2,1-3H3;5*1H4/t17-,18-,19-,22-,23-,24-;15-,16-,17-,18-,19?,20+,21-,22-,23-;15-,16-,17-,19?,20+,22-,23-;13-,14-,15-,17?,18+,20-,21-;14-,15-,16-,19-,20-,21-;;;;;/m00000...../s1. The van der Waals surface area contributed by atoms with E-state index in [2.05, 4.69) is 81.1 Å². The number of aliphatic hydroxyl groups is 3. The van der Waals surface area contributed by atoms with Gasteiger partial charge in [0.05, 0.1) is 18.0 Å². The van der Waals surface area contributed by atoms with Crippen LogP contribution in [0.15, 0.2) is 70.1 Å². The number of allylic oxidation sites excluding steroid dienone is 6. The van der Waals surface area contributed by atoms with Crippen molar-refractivity contribution in [3.05, 3.63) is 70.1 Å². The second-order valence-corrected chi connectivity index (χ2v) is 54.1. The van der Waals surface area contributed by atoms with Gasteiger partial charge in [-0.3, -0.25) is 67.1 Å². The van der Waals surface area contributed by atoms with E-state index in [-0.39, 0.29) is 241 Å². The van der Waals surface area contributed by atoms with Crippen LogP contribution in [-0.2, 0) is 105 Å². The summed E-state index contributed by atoms with van der Waals surface area (Å²) in [5, 5.41) is 32.3. The summed E-state index contributed by atoms with van der Waals surface area (Å²) in [6, 6.07) is 0. The van der Waals surface area contributed by atoms with Crippen LogP contribution in [-0.4, -0.2) is 167 Å². The van der Waals surface area contributed by atoms with Crippen molar-refractivity contribution < 1.29 is 120 Å². The van der Waals surface area contributed by atoms with Gasteiger partial charge in [0, 0.05) is 138 Å². The molecule has 798 valence electrons. The number of carbonyl (C=O) groups is 14. The first-order chi connectivity index (χ1) is 64.5. The lowest BCUT2D eigenvalue weighted by atomic mass is 9.47. The molecule has 0 radical (unpaired) electrons. The topological polar surface area (TPSA) is 374 Å². The minimum absolute atomic E-state index is 0. The number of ketones is 7. The van der Waals surface area contributed by atoms with Gasteiger partial charge < -0.3 is 52.9 Å². The fraction of sp³-hybridized carbons (Fsp3) is 0.778. The lowest BCUT2D eigenvalue weighted by Crippen LogP contribution is -2.55. The van der Waals surface area contributed by atoms with Gasteiger partial charge in [-0.05, 0) is 303 Å². The lowest BCUT2D eigenvalue weighted by Gasteiger charge is -2.58. The summed E-state index contributed by atoms with van der Waals surface area (Å²) < 4.78 is 44.5. The molecule has 0 saturated heterocycles. The van der Waals surface area contributed by atoms with Crippen LogP contribution in [0.5, 0.6) is 0 Å². The number of rotatable bonds is 9. The van der Waals surface area contributed by atoms with Gasteiger partial charge in [-0.1, -0.05) is 140 Å². The zero-order chi connectivity index (χ0) is 100. The lowest BCUT2D eigenvalue weighted by molar-refractivity contribution is -0.155. The van der Waals surface area contributed by atoms with Gasteiger partial charge in [0.1, 0.15) is 48.5 Å². The SMILES string of the molecule is C.C.C.C.C.CC(=O)OC1C[C@H]2[C@@H]3C(=O)C=C4C[C@@H](OC(C)=O)CC[C@]4(C)[C@H]3CC[C@]2(C)C1=O.CC(=O)OC1C[C@H]2[C@@H]3[C@@H](O)C=C4C[C@@H](OC(C)=O)CC[C@]4(C)[C@H]3CC[C@]2(C)[C@H]1O.CC(=O)O[C@H]1CC[C@@]2(C)C(=CC(=O)[C@@H]3[C@@H]2CC[C@]2(C)C(=O)C(O)C[C@@H]32)C1.CC(=O)O[C@H]1CC[C@@]2(C)C(=CC(=O)[C@@H]3[C@@H]2CC[C@]2(C)C(=O)CC[C@@H]32)C1.CC(=O)O[C@H]1CC[C@@]2(C)C(=CC(=O)[C@@H]3[C@@H]2CC[C@]2(C)C(O[Si](C)(C)C)=CC[C@@H]32)C1. The first-order valence-corrected chi connectivity index (χ1v) is 55.9. The molecule has 3 unspecified atom stereocenters. The summed E-state index contributed by atoms with van der Waals surface area (Å²) in [5.41, 5.74) is 3.85. The molecule has 0 spiro atoms. The van der Waals surface area contributed by atoms with E-state index in [1.165, 1.54) is 65.2 Å². The number of Topliss-reactive ketones (excluding diaryl/α,β-unsaturated/α-hetero) is 3. The summed E-state index contributed by atoms with van der Waals surface area (Å²) in [6.45, 7) is 38.5. The Morgan fingerprint density at radius 1 is 0.329 bits per heavy atom. The number of esters is 7. The molecule has 0 aromatic rings. The zero-order valence-electron chi connectivity index (χ0n) is 85.6. The van der Waals surface area contributed by atoms with Crippen molar-refractivity contribution in [3.8, 4) is 0 Å². The highest BCUT2D eigenvalue weighted by molar-refractivity contribution is 6.70. The van der Waals surface area contributed by atoms with Crippen molar-refractivity contribution in [2.75, 3.05) is 0 Å². The molecular weight excluding hydrogens is 1830 g/mol. The summed E-state index contributed by atoms with van der Waals surface area (Å²) >= 11 is 0. The number of ether oxygens (including phenoxy) is 7. The van der Waals surface area contributed by atoms with Gasteiger partial charge >= 0.3 is 41.8 Å². The van der Waals surface area contributed by atoms with Crippen LogP contribution in [0.1, 0.15) is 354 Å². The highest BCUT2D eigenvalue weighted by atomic mass is 28.4. The largest absolute Gasteiger partial charge is 0.547 e. The third kappa shape index (κ3) is 20.4. The molecule has 25 nitrogen and oxygen atoms in total. The van der Waals surface area contributed by atoms with Gasteiger partial charge in [0.25, 0.3) is 0 Å². The van der Waals surface area contributed by atoms with E-state index in [1.807, 2.05) is 32.1 Å². The molecule has 3 N–H and O–H groups in total. The number of carbonyl (C=O) groups excluding carboxylic acids is 14. The molecule has 0 heterocycles. The van der Waals surface area contributed by atoms with Crippen LogP contribution in [0.2, 0.25) is 19.6 Å². The number of hydrogen-bond acceptors (Lipinski definition) is 25. The molecule has 0 amide bonds. The molecule has 0 aromatic heterocycles. The van der Waals surface area contributed by atoms with E-state index in [0.29, 0.717) is 86.6 Å². The van der Waals surface area contributed by atoms with Crippen molar-refractivity contribution in [3.63, 3.8) is 0 Å². The fourth-order valence-electron chi connectivity index (χ4n) is 33.7. The molecule has 26 heteroatoms. The van der Waals surface area contributed by atoms with E-state index in [1.54, 1.807) is 12.2 Å². The summed E-state index contributed by atoms with van der Waals surface area (Å²) in [7, 11) is -1.68. The molecule has 0 bridgehead atoms. The van der Waals surface area contributed by atoms with Crippen LogP contribution in [0.4, 0.5) is 0 Å². The monoisotopic (exact) mass is 2010 g/mol. The van der Waals surface area contributed by atoms with E-state index in [9.17, 15) is 82.4 Å². The van der Waals surface area contributed by atoms with Crippen molar-refractivity contribution in [2.24, 2.45) is 143 Å².